The van der Waals surface area contributed by atoms with E-state index in [1.807, 2.05) is 53.7 Å². The van der Waals surface area contributed by atoms with Crippen molar-refractivity contribution in [1.29, 1.82) is 0 Å². The lowest BCUT2D eigenvalue weighted by molar-refractivity contribution is -0.394. The number of non-ortho nitro benzene ring substituents is 3. The molecule has 0 aliphatic heterocycles. The molecule has 138 heavy (non-hydrogen) atoms. The number of alkyl halides is 9. The molecular formula is C105H89F9N4O20. The molecule has 0 N–H and O–H groups in total. The van der Waals surface area contributed by atoms with E-state index in [1.165, 1.54) is 156 Å². The Morgan fingerprint density at radius 1 is 0.254 bits per heavy atom. The summed E-state index contributed by atoms with van der Waals surface area (Å²) in [4.78, 5) is 114. The molecule has 0 aliphatic carbocycles. The summed E-state index contributed by atoms with van der Waals surface area (Å²) in [6.45, 7) is 11.2. The van der Waals surface area contributed by atoms with Crippen LogP contribution in [-0.2, 0) is 18.5 Å². The van der Waals surface area contributed by atoms with Crippen LogP contribution in [0, 0.1) is 82.0 Å². The highest BCUT2D eigenvalue weighted by Crippen LogP contribution is 2.36. The zero-order valence-corrected chi connectivity index (χ0v) is 76.0. The minimum absolute atomic E-state index is 0.00777. The summed E-state index contributed by atoms with van der Waals surface area (Å²) < 4.78 is 145. The number of methoxy groups -OCH3 is 6. The molecule has 0 amide bonds. The maximum Gasteiger partial charge on any atom is 0.416 e. The molecule has 0 unspecified atom stereocenters. The van der Waals surface area contributed by atoms with Crippen LogP contribution in [0.5, 0.6) is 34.5 Å². The Hall–Kier alpha value is -17.1. The van der Waals surface area contributed by atoms with Gasteiger partial charge in [0.1, 0.15) is 34.5 Å². The number of halogens is 9. The third-order valence-electron chi connectivity index (χ3n) is 20.0. The van der Waals surface area contributed by atoms with Crippen molar-refractivity contribution in [3.63, 3.8) is 0 Å². The highest BCUT2D eigenvalue weighted by Gasteiger charge is 2.33. The van der Waals surface area contributed by atoms with Gasteiger partial charge in [-0.2, -0.15) is 39.5 Å². The number of carbonyl (C=O) groups excluding carboxylic acids is 6. The largest absolute Gasteiger partial charge is 0.496 e. The van der Waals surface area contributed by atoms with E-state index in [1.54, 1.807) is 148 Å². The van der Waals surface area contributed by atoms with E-state index in [0.29, 0.717) is 84.6 Å². The quantitative estimate of drug-likeness (QED) is 0.0144. The first kappa shape index (κ1) is 108. The number of nitro benzene ring substituents is 4. The standard InChI is InChI=1S/3C18H15F3O2.C17H14N2O6.2C17H15NO4/c1-12-3-7-14(11-17(12)23-2)16(22)10-6-13-4-8-15(9-5-13)18(19,20)21;1-12-6-8-14(11-17(12)23-2)16(22)9-7-13-4-3-5-15(10-13)18(19,20)21;1-12-7-8-14(11-17(12)23-2)16(22)10-9-13-5-3-4-6-15(13)18(19,20)21;1-11-3-4-13(9-17(11)25-2)16(20)8-6-12-5-7-14(18(21)22)10-15(12)19(23)24;1-12-3-7-14(11-17(12)22-2)16(19)10-6-13-4-8-15(9-5-13)18(20)21;1-12-6-8-14(11-17(12)22-2)16(19)9-7-13-4-3-5-15(10-13)18(20)21/h3*3-11H,1-2H3;3-10H,1-2H3;2*3-11H,1-2H3/b10-6+;9-7+;10-9+;8-6+;10-6+;9-7+. The Bertz CT molecular complexity index is 6650. The normalized spacial score (nSPS) is 11.2. The molecule has 12 aromatic rings. The van der Waals surface area contributed by atoms with E-state index in [2.05, 4.69) is 0 Å². The van der Waals surface area contributed by atoms with E-state index in [4.69, 9.17) is 28.4 Å². The van der Waals surface area contributed by atoms with E-state index in [-0.39, 0.29) is 57.2 Å². The van der Waals surface area contributed by atoms with Gasteiger partial charge in [0.2, 0.25) is 0 Å². The number of carbonyl (C=O) groups is 6. The smallest absolute Gasteiger partial charge is 0.416 e. The molecule has 24 nitrogen and oxygen atoms in total. The predicted octanol–water partition coefficient (Wildman–Crippen LogP) is 26.1. The van der Waals surface area contributed by atoms with Gasteiger partial charge in [-0.25, -0.2) is 0 Å². The van der Waals surface area contributed by atoms with Gasteiger partial charge in [-0.15, -0.1) is 0 Å². The van der Waals surface area contributed by atoms with Gasteiger partial charge >= 0.3 is 18.5 Å². The molecule has 0 heterocycles. The number of benzene rings is 12. The van der Waals surface area contributed by atoms with Crippen LogP contribution in [0.25, 0.3) is 36.5 Å². The third kappa shape index (κ3) is 32.7. The van der Waals surface area contributed by atoms with E-state index in [9.17, 15) is 109 Å². The number of ether oxygens (including phenoxy) is 6. The van der Waals surface area contributed by atoms with Crippen molar-refractivity contribution < 1.29 is 116 Å². The second-order valence-corrected chi connectivity index (χ2v) is 29.6. The number of nitrogens with zero attached hydrogens (tertiary/aromatic N) is 4. The Kier molecular flexibility index (Phi) is 39.6. The van der Waals surface area contributed by atoms with Gasteiger partial charge in [0.25, 0.3) is 22.7 Å². The van der Waals surface area contributed by atoms with Gasteiger partial charge in [0.05, 0.1) is 90.7 Å². The number of hydrogen-bond donors (Lipinski definition) is 0. The summed E-state index contributed by atoms with van der Waals surface area (Å²) >= 11 is 0. The van der Waals surface area contributed by atoms with Crippen molar-refractivity contribution >= 4 is 93.9 Å². The molecular weight excluding hydrogens is 1810 g/mol. The van der Waals surface area contributed by atoms with E-state index in [0.717, 1.165) is 87.5 Å². The highest BCUT2D eigenvalue weighted by atomic mass is 19.4. The van der Waals surface area contributed by atoms with Crippen molar-refractivity contribution in [3.8, 4) is 34.5 Å². The molecule has 0 saturated carbocycles. The Morgan fingerprint density at radius 3 is 0.848 bits per heavy atom. The van der Waals surface area contributed by atoms with Crippen LogP contribution < -0.4 is 28.4 Å². The molecule has 0 atom stereocenters. The van der Waals surface area contributed by atoms with Crippen molar-refractivity contribution in [2.75, 3.05) is 42.7 Å². The molecule has 12 aromatic carbocycles. The first-order valence-corrected chi connectivity index (χ1v) is 40.9. The average molecular weight is 1900 g/mol. The summed E-state index contributed by atoms with van der Waals surface area (Å²) in [6, 6.07) is 60.3. The van der Waals surface area contributed by atoms with E-state index >= 15 is 0 Å². The zero-order chi connectivity index (χ0) is 102. The summed E-state index contributed by atoms with van der Waals surface area (Å²) in [5.74, 6) is 1.96. The lowest BCUT2D eigenvalue weighted by atomic mass is 10.0. The van der Waals surface area contributed by atoms with Crippen molar-refractivity contribution in [2.24, 2.45) is 0 Å². The topological polar surface area (TPSA) is 330 Å². The molecule has 0 aromatic heterocycles. The Morgan fingerprint density at radius 2 is 0.536 bits per heavy atom. The van der Waals surface area contributed by atoms with Gasteiger partial charge in [-0.3, -0.25) is 69.2 Å². The second-order valence-electron chi connectivity index (χ2n) is 29.6. The minimum atomic E-state index is -4.46. The summed E-state index contributed by atoms with van der Waals surface area (Å²) in [7, 11) is 9.13. The molecule has 0 spiro atoms. The molecule has 0 fully saturated rings. The van der Waals surface area contributed by atoms with Gasteiger partial charge in [-0.05, 0) is 230 Å². The molecule has 12 rings (SSSR count). The van der Waals surface area contributed by atoms with Crippen LogP contribution in [0.15, 0.2) is 285 Å². The molecule has 0 saturated heterocycles. The number of aryl methyl sites for hydroxylation is 6. The molecule has 0 aliphatic rings. The van der Waals surface area contributed by atoms with Crippen LogP contribution in [0.3, 0.4) is 0 Å². The summed E-state index contributed by atoms with van der Waals surface area (Å²) in [5, 5.41) is 43.1. The maximum atomic E-state index is 12.9. The van der Waals surface area contributed by atoms with Crippen LogP contribution in [0.1, 0.15) is 146 Å². The van der Waals surface area contributed by atoms with Crippen LogP contribution in [0.4, 0.5) is 62.3 Å². The highest BCUT2D eigenvalue weighted by molar-refractivity contribution is 6.10. The average Bonchev–Trinajstić information content (AvgIpc) is 0.811. The van der Waals surface area contributed by atoms with Gasteiger partial charge in [0, 0.05) is 63.7 Å². The lowest BCUT2D eigenvalue weighted by Gasteiger charge is -2.09. The SMILES string of the molecule is COc1cc(C(=O)/C=C/c2ccc(C(F)(F)F)cc2)ccc1C.COc1cc(C(=O)/C=C/c2ccc([N+](=O)[O-])cc2)ccc1C.COc1cc(C(=O)/C=C/c2ccc([N+](=O)[O-])cc2[N+](=O)[O-])ccc1C.COc1cc(C(=O)/C=C/c2cccc(C(F)(F)F)c2)ccc1C.COc1cc(C(=O)/C=C/c2cccc([N+](=O)[O-])c2)ccc1C.COc1cc(C(=O)/C=C/c2ccccc2C(F)(F)F)ccc1C. The second kappa shape index (κ2) is 50.6. The zero-order valence-electron chi connectivity index (χ0n) is 76.0. The number of hydrogen-bond acceptors (Lipinski definition) is 20. The van der Waals surface area contributed by atoms with Gasteiger partial charge in [0.15, 0.2) is 34.7 Å². The van der Waals surface area contributed by atoms with Crippen LogP contribution in [0.2, 0.25) is 0 Å². The number of rotatable bonds is 28. The minimum Gasteiger partial charge on any atom is -0.496 e. The fourth-order valence-electron chi connectivity index (χ4n) is 12.3. The third-order valence-corrected chi connectivity index (χ3v) is 20.0. The maximum absolute atomic E-state index is 12.9. The van der Waals surface area contributed by atoms with Crippen molar-refractivity contribution in [1.82, 2.24) is 0 Å². The number of allylic oxidation sites excluding steroid dienone is 6. The predicted molar refractivity (Wildman–Crippen MR) is 507 cm³/mol. The van der Waals surface area contributed by atoms with Crippen molar-refractivity contribution in [2.45, 2.75) is 60.1 Å². The monoisotopic (exact) mass is 1900 g/mol. The molecule has 712 valence electrons. The fraction of sp³-hybridized carbons (Fsp3) is 0.143. The Balaban J connectivity index is 0.000000225. The summed E-state index contributed by atoms with van der Waals surface area (Å²) in [6.07, 6.45) is 2.95. The first-order chi connectivity index (χ1) is 65.3. The molecule has 33 heteroatoms. The fourth-order valence-corrected chi connectivity index (χ4v) is 12.3. The van der Waals surface area contributed by atoms with Gasteiger partial charge in [-0.1, -0.05) is 158 Å². The van der Waals surface area contributed by atoms with E-state index < -0.39 is 66.3 Å². The summed E-state index contributed by atoms with van der Waals surface area (Å²) in [5.41, 5.74) is 7.21. The lowest BCUT2D eigenvalue weighted by Crippen LogP contribution is -2.07. The number of ketones is 6. The first-order valence-electron chi connectivity index (χ1n) is 40.9. The van der Waals surface area contributed by atoms with Crippen molar-refractivity contribution in [3.05, 3.63) is 442 Å². The number of nitro groups is 4. The van der Waals surface area contributed by atoms with Gasteiger partial charge < -0.3 is 28.4 Å². The van der Waals surface area contributed by atoms with Crippen LogP contribution >= 0.6 is 0 Å². The molecule has 0 bridgehead atoms. The van der Waals surface area contributed by atoms with Crippen LogP contribution in [-0.4, -0.2) is 97.1 Å². The Labute approximate surface area is 786 Å². The molecule has 0 radical (unpaired) electrons.